The Kier molecular flexibility index (Phi) is 4.26. The number of ether oxygens (including phenoxy) is 1. The number of benzene rings is 2. The van der Waals surface area contributed by atoms with Gasteiger partial charge >= 0.3 is 5.97 Å². The molecule has 1 aromatic heterocycles. The highest BCUT2D eigenvalue weighted by molar-refractivity contribution is 6.07. The minimum Gasteiger partial charge on any atom is -0.465 e. The molecule has 4 rings (SSSR count). The van der Waals surface area contributed by atoms with E-state index in [1.807, 2.05) is 18.2 Å². The normalized spacial score (nSPS) is 18.4. The van der Waals surface area contributed by atoms with Gasteiger partial charge in [-0.15, -0.1) is 0 Å². The Morgan fingerprint density at radius 3 is 2.82 bits per heavy atom. The molecule has 9 heteroatoms. The van der Waals surface area contributed by atoms with Gasteiger partial charge in [-0.2, -0.15) is 0 Å². The Morgan fingerprint density at radius 1 is 1.29 bits per heavy atom. The van der Waals surface area contributed by atoms with Crippen molar-refractivity contribution in [2.75, 3.05) is 11.9 Å². The number of nitrogens with one attached hydrogen (secondary N) is 1. The van der Waals surface area contributed by atoms with Crippen LogP contribution in [0, 0.1) is 16.0 Å². The smallest absolute Gasteiger partial charge is 0.321 e. The van der Waals surface area contributed by atoms with E-state index in [1.54, 1.807) is 23.6 Å². The molecule has 2 heterocycles. The average molecular weight is 380 g/mol. The molecule has 1 aliphatic heterocycles. The van der Waals surface area contributed by atoms with E-state index < -0.39 is 28.8 Å². The number of nitro groups is 1. The van der Waals surface area contributed by atoms with Crippen LogP contribution in [0.5, 0.6) is 0 Å². The Bertz CT molecular complexity index is 1110. The second kappa shape index (κ2) is 6.76. The Labute approximate surface area is 159 Å². The van der Waals surface area contributed by atoms with Gasteiger partial charge in [0.1, 0.15) is 0 Å². The largest absolute Gasteiger partial charge is 0.465 e. The van der Waals surface area contributed by atoms with Crippen LogP contribution >= 0.6 is 0 Å². The Hall–Kier alpha value is -3.75. The van der Waals surface area contributed by atoms with Crippen molar-refractivity contribution in [2.45, 2.75) is 13.0 Å². The number of para-hydroxylation sites is 2. The van der Waals surface area contributed by atoms with Crippen molar-refractivity contribution in [1.82, 2.24) is 9.55 Å². The van der Waals surface area contributed by atoms with Gasteiger partial charge in [-0.05, 0) is 24.6 Å². The van der Waals surface area contributed by atoms with Crippen molar-refractivity contribution in [1.29, 1.82) is 0 Å². The van der Waals surface area contributed by atoms with E-state index in [0.717, 1.165) is 0 Å². The molecule has 28 heavy (non-hydrogen) atoms. The first kappa shape index (κ1) is 17.7. The van der Waals surface area contributed by atoms with E-state index in [0.29, 0.717) is 16.6 Å². The molecule has 3 aromatic rings. The first-order valence-electron chi connectivity index (χ1n) is 8.70. The number of non-ortho nitro benzene ring substituents is 1. The monoisotopic (exact) mass is 380 g/mol. The molecule has 0 bridgehead atoms. The SMILES string of the molecule is CCOC(=O)[C@@H]1C(=O)Nc2nc3ccccc3n2[C@@H]1c1cccc([N+](=O)[O-])c1. The van der Waals surface area contributed by atoms with Gasteiger partial charge in [0.25, 0.3) is 5.69 Å². The van der Waals surface area contributed by atoms with Gasteiger partial charge in [-0.25, -0.2) is 4.98 Å². The van der Waals surface area contributed by atoms with Crippen LogP contribution in [0.3, 0.4) is 0 Å². The predicted octanol–water partition coefficient (Wildman–Crippen LogP) is 2.67. The van der Waals surface area contributed by atoms with Gasteiger partial charge in [0.15, 0.2) is 5.92 Å². The van der Waals surface area contributed by atoms with Crippen LogP contribution < -0.4 is 5.32 Å². The number of anilines is 1. The zero-order valence-electron chi connectivity index (χ0n) is 14.9. The maximum absolute atomic E-state index is 12.8. The molecule has 0 aliphatic carbocycles. The third kappa shape index (κ3) is 2.77. The van der Waals surface area contributed by atoms with Crippen LogP contribution in [0.15, 0.2) is 48.5 Å². The summed E-state index contributed by atoms with van der Waals surface area (Å²) < 4.78 is 6.84. The lowest BCUT2D eigenvalue weighted by atomic mass is 9.90. The van der Waals surface area contributed by atoms with Gasteiger partial charge in [-0.1, -0.05) is 24.3 Å². The van der Waals surface area contributed by atoms with Crippen LogP contribution in [-0.2, 0) is 14.3 Å². The van der Waals surface area contributed by atoms with Crippen molar-refractivity contribution in [3.63, 3.8) is 0 Å². The summed E-state index contributed by atoms with van der Waals surface area (Å²) in [5, 5.41) is 13.9. The lowest BCUT2D eigenvalue weighted by Crippen LogP contribution is -2.43. The van der Waals surface area contributed by atoms with Crippen molar-refractivity contribution in [2.24, 2.45) is 5.92 Å². The summed E-state index contributed by atoms with van der Waals surface area (Å²) in [6.45, 7) is 1.76. The minimum atomic E-state index is -1.20. The molecule has 142 valence electrons. The molecule has 2 aromatic carbocycles. The van der Waals surface area contributed by atoms with Crippen molar-refractivity contribution in [3.05, 3.63) is 64.2 Å². The molecule has 1 amide bonds. The molecular formula is C19H16N4O5. The maximum atomic E-state index is 12.8. The number of esters is 1. The molecule has 1 aliphatic rings. The fourth-order valence-electron chi connectivity index (χ4n) is 3.53. The van der Waals surface area contributed by atoms with Crippen LogP contribution in [0.2, 0.25) is 0 Å². The van der Waals surface area contributed by atoms with Gasteiger partial charge < -0.3 is 9.30 Å². The maximum Gasteiger partial charge on any atom is 0.321 e. The fourth-order valence-corrected chi connectivity index (χ4v) is 3.53. The number of nitrogens with zero attached hydrogens (tertiary/aromatic N) is 3. The second-order valence-electron chi connectivity index (χ2n) is 6.31. The second-order valence-corrected chi connectivity index (χ2v) is 6.31. The lowest BCUT2D eigenvalue weighted by Gasteiger charge is -2.32. The zero-order valence-corrected chi connectivity index (χ0v) is 14.9. The molecular weight excluding hydrogens is 364 g/mol. The van der Waals surface area contributed by atoms with Gasteiger partial charge in [0.2, 0.25) is 11.9 Å². The molecule has 9 nitrogen and oxygen atoms in total. The lowest BCUT2D eigenvalue weighted by molar-refractivity contribution is -0.384. The summed E-state index contributed by atoms with van der Waals surface area (Å²) in [4.78, 5) is 40.5. The number of hydrogen-bond donors (Lipinski definition) is 1. The van der Waals surface area contributed by atoms with Crippen LogP contribution in [0.1, 0.15) is 18.5 Å². The molecule has 0 unspecified atom stereocenters. The number of carbonyl (C=O) groups is 2. The van der Waals surface area contributed by atoms with Gasteiger partial charge in [0, 0.05) is 12.1 Å². The summed E-state index contributed by atoms with van der Waals surface area (Å²) in [5.74, 6) is -2.17. The first-order valence-corrected chi connectivity index (χ1v) is 8.70. The molecule has 0 saturated heterocycles. The number of nitro benzene ring substituents is 1. The van der Waals surface area contributed by atoms with E-state index in [2.05, 4.69) is 10.3 Å². The molecule has 0 radical (unpaired) electrons. The summed E-state index contributed by atoms with van der Waals surface area (Å²) in [7, 11) is 0. The predicted molar refractivity (Wildman–Crippen MR) is 99.7 cm³/mol. The molecule has 1 N–H and O–H groups in total. The minimum absolute atomic E-state index is 0.113. The molecule has 0 saturated carbocycles. The number of carbonyl (C=O) groups excluding carboxylic acids is 2. The van der Waals surface area contributed by atoms with Crippen molar-refractivity contribution >= 4 is 34.5 Å². The molecule has 0 fully saturated rings. The summed E-state index contributed by atoms with van der Waals surface area (Å²) >= 11 is 0. The summed E-state index contributed by atoms with van der Waals surface area (Å²) in [6.07, 6.45) is 0. The summed E-state index contributed by atoms with van der Waals surface area (Å²) in [5.41, 5.74) is 1.66. The Morgan fingerprint density at radius 2 is 2.07 bits per heavy atom. The number of aromatic nitrogens is 2. The van der Waals surface area contributed by atoms with E-state index >= 15 is 0 Å². The quantitative estimate of drug-likeness (QED) is 0.322. The topological polar surface area (TPSA) is 116 Å². The van der Waals surface area contributed by atoms with Crippen LogP contribution in [-0.4, -0.2) is 33.0 Å². The van der Waals surface area contributed by atoms with E-state index in [1.165, 1.54) is 18.2 Å². The number of imidazole rings is 1. The van der Waals surface area contributed by atoms with E-state index in [4.69, 9.17) is 4.74 Å². The Balaban J connectivity index is 1.97. The number of amides is 1. The van der Waals surface area contributed by atoms with Crippen LogP contribution in [0.25, 0.3) is 11.0 Å². The third-order valence-electron chi connectivity index (χ3n) is 4.67. The number of hydrogen-bond acceptors (Lipinski definition) is 6. The number of rotatable bonds is 4. The van der Waals surface area contributed by atoms with Crippen LogP contribution in [0.4, 0.5) is 11.6 Å². The first-order chi connectivity index (χ1) is 13.5. The van der Waals surface area contributed by atoms with Crippen molar-refractivity contribution < 1.29 is 19.2 Å². The van der Waals surface area contributed by atoms with E-state index in [9.17, 15) is 19.7 Å². The highest BCUT2D eigenvalue weighted by Gasteiger charge is 2.44. The van der Waals surface area contributed by atoms with Gasteiger partial charge in [-0.3, -0.25) is 25.0 Å². The van der Waals surface area contributed by atoms with Gasteiger partial charge in [0.05, 0.1) is 28.6 Å². The standard InChI is InChI=1S/C19H16N4O5/c1-2-28-18(25)15-16(11-6-5-7-12(10-11)23(26)27)22-14-9-4-3-8-13(14)20-19(22)21-17(15)24/h3-10,15-16H,2H2,1H3,(H,20,21,24)/t15-,16+/m0/s1. The van der Waals surface area contributed by atoms with E-state index in [-0.39, 0.29) is 18.2 Å². The number of fused-ring (bicyclic) bond motifs is 3. The average Bonchev–Trinajstić information content (AvgIpc) is 3.04. The highest BCUT2D eigenvalue weighted by atomic mass is 16.6. The molecule has 2 atom stereocenters. The molecule has 0 spiro atoms. The fraction of sp³-hybridized carbons (Fsp3) is 0.211. The van der Waals surface area contributed by atoms with Crippen molar-refractivity contribution in [3.8, 4) is 0 Å². The summed E-state index contributed by atoms with van der Waals surface area (Å²) in [6, 6.07) is 12.3. The zero-order chi connectivity index (χ0) is 19.8. The highest BCUT2D eigenvalue weighted by Crippen LogP contribution is 2.39. The third-order valence-corrected chi connectivity index (χ3v) is 4.67.